The van der Waals surface area contributed by atoms with Gasteiger partial charge in [0.15, 0.2) is 17.2 Å². The lowest BCUT2D eigenvalue weighted by Crippen LogP contribution is -2.28. The molecule has 0 atom stereocenters. The van der Waals surface area contributed by atoms with Crippen LogP contribution in [-0.2, 0) is 12.7 Å². The Bertz CT molecular complexity index is 1150. The maximum atomic E-state index is 13.9. The molecule has 0 N–H and O–H groups in total. The van der Waals surface area contributed by atoms with Crippen LogP contribution in [0.2, 0.25) is 5.02 Å². The molecule has 0 aliphatic heterocycles. The van der Waals surface area contributed by atoms with E-state index in [1.807, 2.05) is 0 Å². The Hall–Kier alpha value is -3.34. The van der Waals surface area contributed by atoms with Gasteiger partial charge in [-0.1, -0.05) is 23.7 Å². The van der Waals surface area contributed by atoms with Gasteiger partial charge in [-0.05, 0) is 35.9 Å². The first-order chi connectivity index (χ1) is 15.5. The van der Waals surface area contributed by atoms with Crippen molar-refractivity contribution in [2.45, 2.75) is 19.3 Å². The smallest absolute Gasteiger partial charge is 0.434 e. The van der Waals surface area contributed by atoms with E-state index in [0.29, 0.717) is 10.2 Å². The Labute approximate surface area is 190 Å². The van der Waals surface area contributed by atoms with Crippen LogP contribution < -0.4 is 9.47 Å². The summed E-state index contributed by atoms with van der Waals surface area (Å²) in [6.45, 7) is -3.30. The molecular formula is C21H17ClF5N3O3. The van der Waals surface area contributed by atoms with E-state index in [4.69, 9.17) is 16.3 Å². The van der Waals surface area contributed by atoms with E-state index < -0.39 is 30.0 Å². The van der Waals surface area contributed by atoms with Crippen LogP contribution in [0.25, 0.3) is 5.69 Å². The van der Waals surface area contributed by atoms with Gasteiger partial charge in [-0.2, -0.15) is 27.1 Å². The molecule has 12 heteroatoms. The summed E-state index contributed by atoms with van der Waals surface area (Å²) in [5.74, 6) is -1.20. The SMILES string of the molecule is COc1ccc(CN(C)C(=O)c2cnn(-c3cccc(Cl)c3)c2C(F)(F)F)cc1OC(F)F. The van der Waals surface area contributed by atoms with Gasteiger partial charge in [0, 0.05) is 18.6 Å². The van der Waals surface area contributed by atoms with Gasteiger partial charge in [0.2, 0.25) is 0 Å². The molecule has 3 rings (SSSR count). The molecule has 3 aromatic rings. The number of hydrogen-bond acceptors (Lipinski definition) is 4. The highest BCUT2D eigenvalue weighted by atomic mass is 35.5. The molecule has 0 radical (unpaired) electrons. The molecule has 1 heterocycles. The third-order valence-electron chi connectivity index (χ3n) is 4.53. The molecule has 1 aromatic heterocycles. The molecule has 176 valence electrons. The van der Waals surface area contributed by atoms with Crippen LogP contribution >= 0.6 is 11.6 Å². The topological polar surface area (TPSA) is 56.6 Å². The van der Waals surface area contributed by atoms with Crippen LogP contribution in [0.3, 0.4) is 0 Å². The number of methoxy groups -OCH3 is 1. The summed E-state index contributed by atoms with van der Waals surface area (Å²) in [5, 5.41) is 3.94. The van der Waals surface area contributed by atoms with Crippen molar-refractivity contribution in [3.63, 3.8) is 0 Å². The number of amides is 1. The lowest BCUT2D eigenvalue weighted by atomic mass is 10.1. The number of ether oxygens (including phenoxy) is 2. The normalized spacial score (nSPS) is 11.5. The molecule has 33 heavy (non-hydrogen) atoms. The summed E-state index contributed by atoms with van der Waals surface area (Å²) in [6.07, 6.45) is -4.08. The van der Waals surface area contributed by atoms with Gasteiger partial charge in [0.1, 0.15) is 0 Å². The maximum Gasteiger partial charge on any atom is 0.434 e. The Balaban J connectivity index is 1.92. The predicted molar refractivity (Wildman–Crippen MR) is 109 cm³/mol. The molecule has 0 saturated carbocycles. The standard InChI is InChI=1S/C21H17ClF5N3O3/c1-29(11-12-6-7-16(32-2)17(8-12)33-20(23)24)19(31)15-10-28-30(18(15)21(25,26)27)14-5-3-4-13(22)9-14/h3-10,20H,11H2,1-2H3. The van der Waals surface area contributed by atoms with Gasteiger partial charge in [-0.15, -0.1) is 0 Å². The first-order valence-corrected chi connectivity index (χ1v) is 9.67. The fourth-order valence-corrected chi connectivity index (χ4v) is 3.32. The summed E-state index contributed by atoms with van der Waals surface area (Å²) in [5.41, 5.74) is -1.58. The number of halogens is 6. The number of alkyl halides is 5. The van der Waals surface area contributed by atoms with E-state index in [2.05, 4.69) is 9.84 Å². The van der Waals surface area contributed by atoms with E-state index in [-0.39, 0.29) is 28.8 Å². The zero-order chi connectivity index (χ0) is 24.3. The molecule has 1 amide bonds. The zero-order valence-electron chi connectivity index (χ0n) is 17.2. The maximum absolute atomic E-state index is 13.9. The highest BCUT2D eigenvalue weighted by molar-refractivity contribution is 6.30. The predicted octanol–water partition coefficient (Wildman–Crippen LogP) is 5.43. The Morgan fingerprint density at radius 2 is 1.91 bits per heavy atom. The molecule has 0 spiro atoms. The van der Waals surface area contributed by atoms with Crippen molar-refractivity contribution in [3.8, 4) is 17.2 Å². The van der Waals surface area contributed by atoms with E-state index in [0.717, 1.165) is 11.1 Å². The second-order valence-corrected chi connectivity index (χ2v) is 7.26. The second kappa shape index (κ2) is 9.65. The molecular weight excluding hydrogens is 473 g/mol. The molecule has 6 nitrogen and oxygen atoms in total. The van der Waals surface area contributed by atoms with Gasteiger partial charge < -0.3 is 14.4 Å². The fraction of sp³-hybridized carbons (Fsp3) is 0.238. The van der Waals surface area contributed by atoms with Gasteiger partial charge >= 0.3 is 12.8 Å². The molecule has 2 aromatic carbocycles. The van der Waals surface area contributed by atoms with Crippen LogP contribution in [-0.4, -0.2) is 41.4 Å². The average molecular weight is 490 g/mol. The van der Waals surface area contributed by atoms with Crippen molar-refractivity contribution in [2.24, 2.45) is 0 Å². The summed E-state index contributed by atoms with van der Waals surface area (Å²) < 4.78 is 76.8. The number of carbonyl (C=O) groups excluding carboxylic acids is 1. The van der Waals surface area contributed by atoms with Crippen LogP contribution in [0.4, 0.5) is 22.0 Å². The van der Waals surface area contributed by atoms with Crippen molar-refractivity contribution in [1.82, 2.24) is 14.7 Å². The third kappa shape index (κ3) is 5.54. The van der Waals surface area contributed by atoms with Gasteiger partial charge in [-0.3, -0.25) is 4.79 Å². The zero-order valence-corrected chi connectivity index (χ0v) is 18.0. The van der Waals surface area contributed by atoms with E-state index in [1.54, 1.807) is 0 Å². The summed E-state index contributed by atoms with van der Waals surface area (Å²) in [7, 11) is 2.54. The van der Waals surface area contributed by atoms with Gasteiger partial charge in [-0.25, -0.2) is 4.68 Å². The molecule has 0 bridgehead atoms. The lowest BCUT2D eigenvalue weighted by molar-refractivity contribution is -0.143. The van der Waals surface area contributed by atoms with Crippen molar-refractivity contribution in [3.05, 3.63) is 70.5 Å². The van der Waals surface area contributed by atoms with Gasteiger partial charge in [0.25, 0.3) is 5.91 Å². The third-order valence-corrected chi connectivity index (χ3v) is 4.77. The first kappa shape index (κ1) is 24.3. The quantitative estimate of drug-likeness (QED) is 0.415. The fourth-order valence-electron chi connectivity index (χ4n) is 3.14. The second-order valence-electron chi connectivity index (χ2n) is 6.82. The molecule has 0 aliphatic carbocycles. The largest absolute Gasteiger partial charge is 0.493 e. The van der Waals surface area contributed by atoms with Crippen LogP contribution in [0.5, 0.6) is 11.5 Å². The van der Waals surface area contributed by atoms with E-state index >= 15 is 0 Å². The number of nitrogens with zero attached hydrogens (tertiary/aromatic N) is 3. The Morgan fingerprint density at radius 1 is 1.18 bits per heavy atom. The summed E-state index contributed by atoms with van der Waals surface area (Å²) >= 11 is 5.87. The molecule has 0 saturated heterocycles. The van der Waals surface area contributed by atoms with Crippen molar-refractivity contribution in [2.75, 3.05) is 14.2 Å². The highest BCUT2D eigenvalue weighted by Crippen LogP contribution is 2.35. The van der Waals surface area contributed by atoms with Crippen LogP contribution in [0.1, 0.15) is 21.6 Å². The van der Waals surface area contributed by atoms with E-state index in [1.165, 1.54) is 56.6 Å². The van der Waals surface area contributed by atoms with Crippen molar-refractivity contribution < 1.29 is 36.2 Å². The molecule has 0 fully saturated rings. The molecule has 0 aliphatic rings. The number of hydrogen-bond donors (Lipinski definition) is 0. The Kier molecular flexibility index (Phi) is 7.11. The number of benzene rings is 2. The number of aromatic nitrogens is 2. The summed E-state index contributed by atoms with van der Waals surface area (Å²) in [4.78, 5) is 13.9. The van der Waals surface area contributed by atoms with Crippen molar-refractivity contribution in [1.29, 1.82) is 0 Å². The van der Waals surface area contributed by atoms with Crippen LogP contribution in [0, 0.1) is 0 Å². The average Bonchev–Trinajstić information content (AvgIpc) is 3.19. The lowest BCUT2D eigenvalue weighted by Gasteiger charge is -2.19. The summed E-state index contributed by atoms with van der Waals surface area (Å²) in [6, 6.07) is 9.63. The minimum atomic E-state index is -4.90. The van der Waals surface area contributed by atoms with Crippen LogP contribution in [0.15, 0.2) is 48.7 Å². The monoisotopic (exact) mass is 489 g/mol. The van der Waals surface area contributed by atoms with Gasteiger partial charge in [0.05, 0.1) is 24.6 Å². The minimum Gasteiger partial charge on any atom is -0.493 e. The van der Waals surface area contributed by atoms with E-state index in [9.17, 15) is 26.7 Å². The minimum absolute atomic E-state index is 0.0282. The van der Waals surface area contributed by atoms with Crippen molar-refractivity contribution >= 4 is 17.5 Å². The number of rotatable bonds is 7. The highest BCUT2D eigenvalue weighted by Gasteiger charge is 2.41. The molecule has 0 unspecified atom stereocenters. The first-order valence-electron chi connectivity index (χ1n) is 9.29. The number of carbonyl (C=O) groups is 1. The Morgan fingerprint density at radius 3 is 2.52 bits per heavy atom.